The second kappa shape index (κ2) is 8.28. The Morgan fingerprint density at radius 3 is 2.69 bits per heavy atom. The van der Waals surface area contributed by atoms with Crippen LogP contribution in [-0.2, 0) is 11.0 Å². The van der Waals surface area contributed by atoms with E-state index in [1.54, 1.807) is 6.92 Å². The zero-order valence-corrected chi connectivity index (χ0v) is 13.7. The Hall–Kier alpha value is -3.17. The highest BCUT2D eigenvalue weighted by Crippen LogP contribution is 2.29. The van der Waals surface area contributed by atoms with Crippen LogP contribution in [0.2, 0.25) is 0 Å². The van der Waals surface area contributed by atoms with Gasteiger partial charge in [-0.25, -0.2) is 0 Å². The van der Waals surface area contributed by atoms with Crippen molar-refractivity contribution in [3.63, 3.8) is 0 Å². The van der Waals surface area contributed by atoms with E-state index in [2.05, 4.69) is 31.7 Å². The zero-order valence-electron chi connectivity index (χ0n) is 13.7. The number of carbonyl (C=O) groups is 1. The number of amides is 1. The van der Waals surface area contributed by atoms with Gasteiger partial charge in [-0.1, -0.05) is 35.1 Å². The van der Waals surface area contributed by atoms with Gasteiger partial charge in [0, 0.05) is 11.1 Å². The Balaban J connectivity index is 2.00. The second-order valence-corrected chi connectivity index (χ2v) is 5.10. The molecule has 0 radical (unpaired) electrons. The average Bonchev–Trinajstić information content (AvgIpc) is 3.09. The second-order valence-electron chi connectivity index (χ2n) is 5.10. The molecule has 10 heteroatoms. The first-order valence-corrected chi connectivity index (χ1v) is 7.40. The van der Waals surface area contributed by atoms with E-state index < -0.39 is 18.1 Å². The van der Waals surface area contributed by atoms with Crippen LogP contribution in [0.15, 0.2) is 46.6 Å². The van der Waals surface area contributed by atoms with Crippen molar-refractivity contribution in [3.8, 4) is 11.4 Å². The monoisotopic (exact) mass is 368 g/mol. The minimum absolute atomic E-state index is 0.218. The molecule has 26 heavy (non-hydrogen) atoms. The van der Waals surface area contributed by atoms with Gasteiger partial charge >= 0.3 is 12.1 Å². The highest BCUT2D eigenvalue weighted by molar-refractivity contribution is 5.96. The Kier molecular flexibility index (Phi) is 6.10. The molecule has 0 aliphatic heterocycles. The number of hydrogen-bond donors (Lipinski definition) is 1. The van der Waals surface area contributed by atoms with Crippen LogP contribution in [0, 0.1) is 0 Å². The van der Waals surface area contributed by atoms with Crippen LogP contribution in [0.5, 0.6) is 0 Å². The predicted molar refractivity (Wildman–Crippen MR) is 86.3 cm³/mol. The lowest BCUT2D eigenvalue weighted by atomic mass is 10.1. The van der Waals surface area contributed by atoms with Gasteiger partial charge in [-0.2, -0.15) is 18.2 Å². The summed E-state index contributed by atoms with van der Waals surface area (Å²) < 4.78 is 41.6. The lowest BCUT2D eigenvalue weighted by molar-refractivity contribution is -0.159. The molecular weight excluding hydrogens is 353 g/mol. The van der Waals surface area contributed by atoms with Crippen LogP contribution < -0.4 is 5.32 Å². The summed E-state index contributed by atoms with van der Waals surface area (Å²) in [4.78, 5) is 20.2. The summed E-state index contributed by atoms with van der Waals surface area (Å²) in [6.07, 6.45) is -1.77. The van der Waals surface area contributed by atoms with Crippen molar-refractivity contribution in [1.29, 1.82) is 0 Å². The molecule has 1 unspecified atom stereocenters. The van der Waals surface area contributed by atoms with Gasteiger partial charge in [-0.05, 0) is 19.1 Å². The quantitative estimate of drug-likeness (QED) is 0.351. The summed E-state index contributed by atoms with van der Waals surface area (Å²) in [5.74, 6) is -2.03. The van der Waals surface area contributed by atoms with Gasteiger partial charge in [0.2, 0.25) is 5.82 Å². The maximum absolute atomic E-state index is 12.5. The average molecular weight is 368 g/mol. The molecule has 1 aromatic carbocycles. The maximum Gasteiger partial charge on any atom is 0.471 e. The Bertz CT molecular complexity index is 785. The van der Waals surface area contributed by atoms with Gasteiger partial charge in [0.1, 0.15) is 6.61 Å². The van der Waals surface area contributed by atoms with Crippen LogP contribution in [0.4, 0.5) is 13.2 Å². The van der Waals surface area contributed by atoms with E-state index >= 15 is 0 Å². The third kappa shape index (κ3) is 5.16. The maximum atomic E-state index is 12.5. The molecular formula is C16H15F3N4O3. The fraction of sp³-hybridized carbons (Fsp3) is 0.250. The number of halogens is 3. The van der Waals surface area contributed by atoms with Crippen molar-refractivity contribution in [3.05, 3.63) is 48.4 Å². The minimum atomic E-state index is -4.71. The summed E-state index contributed by atoms with van der Waals surface area (Å²) in [6, 6.07) is 5.33. The van der Waals surface area contributed by atoms with Crippen LogP contribution >= 0.6 is 0 Å². The van der Waals surface area contributed by atoms with Crippen LogP contribution in [0.1, 0.15) is 23.2 Å². The topological polar surface area (TPSA) is 89.6 Å². The zero-order chi connectivity index (χ0) is 19.2. The van der Waals surface area contributed by atoms with E-state index in [1.165, 1.54) is 36.6 Å². The van der Waals surface area contributed by atoms with E-state index in [1.807, 2.05) is 0 Å². The summed E-state index contributed by atoms with van der Waals surface area (Å²) in [7, 11) is 0. The van der Waals surface area contributed by atoms with Crippen LogP contribution in [0.25, 0.3) is 11.4 Å². The number of hydrogen-bond acceptors (Lipinski definition) is 6. The highest BCUT2D eigenvalue weighted by Gasteiger charge is 2.38. The van der Waals surface area contributed by atoms with Crippen molar-refractivity contribution in [2.24, 2.45) is 5.16 Å². The van der Waals surface area contributed by atoms with Crippen molar-refractivity contribution in [2.75, 3.05) is 6.61 Å². The summed E-state index contributed by atoms with van der Waals surface area (Å²) in [6.45, 7) is 5.42. The molecule has 1 aromatic heterocycles. The van der Waals surface area contributed by atoms with Gasteiger partial charge in [-0.3, -0.25) is 4.79 Å². The third-order valence-electron chi connectivity index (χ3n) is 2.98. The van der Waals surface area contributed by atoms with Crippen molar-refractivity contribution in [1.82, 2.24) is 15.5 Å². The van der Waals surface area contributed by atoms with Crippen LogP contribution in [0.3, 0.4) is 0 Å². The van der Waals surface area contributed by atoms with Gasteiger partial charge in [0.05, 0.1) is 12.3 Å². The van der Waals surface area contributed by atoms with Gasteiger partial charge in [0.15, 0.2) is 0 Å². The smallest absolute Gasteiger partial charge is 0.392 e. The minimum Gasteiger partial charge on any atom is -0.392 e. The SMILES string of the molecule is C=CCON=CC(C)NC(=O)c1ccc(-c2noc(C(F)(F)F)n2)cc1. The molecule has 1 atom stereocenters. The van der Waals surface area contributed by atoms with Crippen molar-refractivity contribution < 1.29 is 27.3 Å². The van der Waals surface area contributed by atoms with Crippen LogP contribution in [-0.4, -0.2) is 34.9 Å². The number of oxime groups is 1. The van der Waals surface area contributed by atoms with Gasteiger partial charge in [-0.15, -0.1) is 0 Å². The highest BCUT2D eigenvalue weighted by atomic mass is 19.4. The van der Waals surface area contributed by atoms with E-state index in [4.69, 9.17) is 4.84 Å². The van der Waals surface area contributed by atoms with E-state index in [0.29, 0.717) is 5.56 Å². The van der Waals surface area contributed by atoms with Gasteiger partial charge < -0.3 is 14.7 Å². The molecule has 0 aliphatic rings. The predicted octanol–water partition coefficient (Wildman–Crippen LogP) is 3.06. The van der Waals surface area contributed by atoms with E-state index in [0.717, 1.165) is 0 Å². The molecule has 0 saturated heterocycles. The molecule has 7 nitrogen and oxygen atoms in total. The third-order valence-corrected chi connectivity index (χ3v) is 2.98. The molecule has 1 N–H and O–H groups in total. The molecule has 0 fully saturated rings. The Labute approximate surface area is 146 Å². The Morgan fingerprint density at radius 1 is 1.42 bits per heavy atom. The molecule has 0 aliphatic carbocycles. The number of aromatic nitrogens is 2. The lowest BCUT2D eigenvalue weighted by Crippen LogP contribution is -2.33. The van der Waals surface area contributed by atoms with E-state index in [9.17, 15) is 18.0 Å². The molecule has 0 saturated carbocycles. The fourth-order valence-electron chi connectivity index (χ4n) is 1.78. The van der Waals surface area contributed by atoms with E-state index in [-0.39, 0.29) is 23.9 Å². The standard InChI is InChI=1S/C16H15F3N4O3/c1-3-8-25-20-9-10(2)21-14(24)12-6-4-11(5-7-12)13-22-15(26-23-13)16(17,18)19/h3-7,9-10H,1,8H2,2H3,(H,21,24). The molecule has 2 rings (SSSR count). The molecule has 0 bridgehead atoms. The molecule has 2 aromatic rings. The first-order chi connectivity index (χ1) is 12.3. The lowest BCUT2D eigenvalue weighted by Gasteiger charge is -2.09. The number of nitrogens with zero attached hydrogens (tertiary/aromatic N) is 3. The summed E-state index contributed by atoms with van der Waals surface area (Å²) in [5.41, 5.74) is 0.591. The number of alkyl halides is 3. The summed E-state index contributed by atoms with van der Waals surface area (Å²) >= 11 is 0. The summed E-state index contributed by atoms with van der Waals surface area (Å²) in [5, 5.41) is 9.60. The molecule has 1 amide bonds. The first-order valence-electron chi connectivity index (χ1n) is 7.40. The number of rotatable bonds is 7. The van der Waals surface area contributed by atoms with Crippen molar-refractivity contribution in [2.45, 2.75) is 19.1 Å². The number of nitrogens with one attached hydrogen (secondary N) is 1. The largest absolute Gasteiger partial charge is 0.471 e. The molecule has 0 spiro atoms. The fourth-order valence-corrected chi connectivity index (χ4v) is 1.78. The first kappa shape index (κ1) is 19.2. The van der Waals surface area contributed by atoms with Crippen molar-refractivity contribution >= 4 is 12.1 Å². The van der Waals surface area contributed by atoms with Gasteiger partial charge in [0.25, 0.3) is 5.91 Å². The number of benzene rings is 1. The Morgan fingerprint density at radius 2 is 2.12 bits per heavy atom. The molecule has 1 heterocycles. The normalized spacial score (nSPS) is 12.8. The number of carbonyl (C=O) groups excluding carboxylic acids is 1. The molecule has 138 valence electrons.